The topological polar surface area (TPSA) is 55.6 Å². The molecule has 0 saturated carbocycles. The summed E-state index contributed by atoms with van der Waals surface area (Å²) < 4.78 is 2.03. The summed E-state index contributed by atoms with van der Waals surface area (Å²) in [4.78, 5) is 14.6. The minimum absolute atomic E-state index is 0.790. The Labute approximate surface area is 160 Å². The molecule has 1 aromatic carbocycles. The van der Waals surface area contributed by atoms with Crippen molar-refractivity contribution >= 4 is 39.1 Å². The zero-order valence-corrected chi connectivity index (χ0v) is 16.3. The van der Waals surface area contributed by atoms with Gasteiger partial charge in [0.15, 0.2) is 5.16 Å². The number of imidazole rings is 1. The Balaban J connectivity index is 1.57. The molecule has 0 aliphatic heterocycles. The molecule has 0 amide bonds. The van der Waals surface area contributed by atoms with Crippen molar-refractivity contribution in [3.63, 3.8) is 0 Å². The molecule has 0 atom stereocenters. The Morgan fingerprint density at radius 2 is 2.04 bits per heavy atom. The van der Waals surface area contributed by atoms with Gasteiger partial charge in [0.25, 0.3) is 0 Å². The molecule has 0 aliphatic carbocycles. The summed E-state index contributed by atoms with van der Waals surface area (Å²) in [7, 11) is 2.01. The molecule has 0 fully saturated rings. The molecule has 0 unspecified atom stereocenters. The van der Waals surface area contributed by atoms with Gasteiger partial charge in [-0.15, -0.1) is 11.3 Å². The van der Waals surface area contributed by atoms with Crippen LogP contribution in [-0.2, 0) is 7.05 Å². The fourth-order valence-electron chi connectivity index (χ4n) is 2.81. The third kappa shape index (κ3) is 3.45. The molecule has 0 spiro atoms. The Hall–Kier alpha value is -2.38. The average Bonchev–Trinajstić information content (AvgIpc) is 3.25. The molecule has 0 saturated heterocycles. The maximum Gasteiger partial charge on any atom is 0.167 e. The fraction of sp³-hybridized carbons (Fsp3) is 0.211. The van der Waals surface area contributed by atoms with Crippen LogP contribution in [0.4, 0.5) is 5.82 Å². The van der Waals surface area contributed by atoms with E-state index < -0.39 is 0 Å². The highest BCUT2D eigenvalue weighted by Crippen LogP contribution is 2.36. The SMILES string of the molecule is Cc1nc(NCCSc2nccn2C)c2c(-c3ccccc3)csc2n1. The van der Waals surface area contributed by atoms with Crippen molar-refractivity contribution in [2.24, 2.45) is 7.05 Å². The molecule has 0 radical (unpaired) electrons. The maximum absolute atomic E-state index is 4.67. The van der Waals surface area contributed by atoms with Gasteiger partial charge in [0.2, 0.25) is 0 Å². The maximum atomic E-state index is 4.67. The minimum atomic E-state index is 0.790. The summed E-state index contributed by atoms with van der Waals surface area (Å²) in [6.07, 6.45) is 3.79. The lowest BCUT2D eigenvalue weighted by Gasteiger charge is -2.09. The van der Waals surface area contributed by atoms with E-state index in [-0.39, 0.29) is 0 Å². The van der Waals surface area contributed by atoms with Crippen LogP contribution in [0.15, 0.2) is 53.3 Å². The molecule has 26 heavy (non-hydrogen) atoms. The first kappa shape index (κ1) is 17.1. The standard InChI is InChI=1S/C19H19N5S2/c1-13-22-17(20-9-11-25-19-21-8-10-24(19)2)16-15(12-26-18(16)23-13)14-6-4-3-5-7-14/h3-8,10,12H,9,11H2,1-2H3,(H,20,22,23). The van der Waals surface area contributed by atoms with Gasteiger partial charge in [-0.1, -0.05) is 42.1 Å². The van der Waals surface area contributed by atoms with Crippen LogP contribution in [0.2, 0.25) is 0 Å². The van der Waals surface area contributed by atoms with Crippen molar-refractivity contribution < 1.29 is 0 Å². The largest absolute Gasteiger partial charge is 0.369 e. The molecule has 5 nitrogen and oxygen atoms in total. The van der Waals surface area contributed by atoms with Crippen LogP contribution in [-0.4, -0.2) is 31.8 Å². The normalized spacial score (nSPS) is 11.2. The van der Waals surface area contributed by atoms with Crippen LogP contribution in [0.25, 0.3) is 21.3 Å². The quantitative estimate of drug-likeness (QED) is 0.391. The summed E-state index contributed by atoms with van der Waals surface area (Å²) in [5, 5.41) is 7.80. The lowest BCUT2D eigenvalue weighted by molar-refractivity contribution is 0.790. The number of anilines is 1. The second-order valence-electron chi connectivity index (χ2n) is 5.91. The van der Waals surface area contributed by atoms with E-state index in [4.69, 9.17) is 0 Å². The van der Waals surface area contributed by atoms with Crippen LogP contribution in [0, 0.1) is 6.92 Å². The van der Waals surface area contributed by atoms with E-state index >= 15 is 0 Å². The zero-order valence-electron chi connectivity index (χ0n) is 14.6. The van der Waals surface area contributed by atoms with E-state index in [1.54, 1.807) is 23.1 Å². The number of hydrogen-bond donors (Lipinski definition) is 1. The monoisotopic (exact) mass is 381 g/mol. The van der Waals surface area contributed by atoms with E-state index in [2.05, 4.69) is 49.9 Å². The predicted octanol–water partition coefficient (Wildman–Crippen LogP) is 4.60. The lowest BCUT2D eigenvalue weighted by atomic mass is 10.1. The molecule has 3 aromatic heterocycles. The summed E-state index contributed by atoms with van der Waals surface area (Å²) in [5.74, 6) is 2.62. The number of thioether (sulfide) groups is 1. The van der Waals surface area contributed by atoms with Crippen molar-refractivity contribution in [3.8, 4) is 11.1 Å². The van der Waals surface area contributed by atoms with Gasteiger partial charge in [0, 0.05) is 42.7 Å². The molecule has 4 aromatic rings. The van der Waals surface area contributed by atoms with Gasteiger partial charge in [0.05, 0.1) is 5.39 Å². The van der Waals surface area contributed by atoms with Gasteiger partial charge in [-0.3, -0.25) is 0 Å². The van der Waals surface area contributed by atoms with Crippen LogP contribution in [0.5, 0.6) is 0 Å². The summed E-state index contributed by atoms with van der Waals surface area (Å²) in [5.41, 5.74) is 2.38. The predicted molar refractivity (Wildman–Crippen MR) is 110 cm³/mol. The van der Waals surface area contributed by atoms with E-state index in [1.165, 1.54) is 11.1 Å². The second kappa shape index (κ2) is 7.47. The van der Waals surface area contributed by atoms with Gasteiger partial charge in [-0.25, -0.2) is 15.0 Å². The Morgan fingerprint density at radius 1 is 1.19 bits per heavy atom. The summed E-state index contributed by atoms with van der Waals surface area (Å²) in [6.45, 7) is 2.75. The third-order valence-corrected chi connectivity index (χ3v) is 5.96. The number of hydrogen-bond acceptors (Lipinski definition) is 6. The van der Waals surface area contributed by atoms with Crippen LogP contribution in [0.3, 0.4) is 0 Å². The minimum Gasteiger partial charge on any atom is -0.369 e. The molecule has 4 rings (SSSR count). The first-order chi connectivity index (χ1) is 12.7. The highest BCUT2D eigenvalue weighted by atomic mass is 32.2. The highest BCUT2D eigenvalue weighted by molar-refractivity contribution is 7.99. The molecule has 132 valence electrons. The number of aryl methyl sites for hydroxylation is 2. The van der Waals surface area contributed by atoms with Crippen LogP contribution >= 0.6 is 23.1 Å². The molecular formula is C19H19N5S2. The van der Waals surface area contributed by atoms with Crippen molar-refractivity contribution in [2.45, 2.75) is 12.1 Å². The van der Waals surface area contributed by atoms with Gasteiger partial charge in [-0.05, 0) is 12.5 Å². The zero-order chi connectivity index (χ0) is 17.9. The van der Waals surface area contributed by atoms with Gasteiger partial charge in [-0.2, -0.15) is 0 Å². The van der Waals surface area contributed by atoms with E-state index in [0.717, 1.165) is 39.3 Å². The summed E-state index contributed by atoms with van der Waals surface area (Å²) >= 11 is 3.40. The number of aromatic nitrogens is 4. The number of nitrogens with one attached hydrogen (secondary N) is 1. The van der Waals surface area contributed by atoms with Gasteiger partial charge < -0.3 is 9.88 Å². The first-order valence-corrected chi connectivity index (χ1v) is 10.2. The van der Waals surface area contributed by atoms with E-state index in [0.29, 0.717) is 0 Å². The van der Waals surface area contributed by atoms with Crippen LogP contribution in [0.1, 0.15) is 5.82 Å². The number of fused-ring (bicyclic) bond motifs is 1. The number of rotatable bonds is 6. The molecular weight excluding hydrogens is 362 g/mol. The second-order valence-corrected chi connectivity index (χ2v) is 7.83. The number of benzene rings is 1. The van der Waals surface area contributed by atoms with Gasteiger partial charge in [0.1, 0.15) is 16.5 Å². The van der Waals surface area contributed by atoms with Crippen molar-refractivity contribution in [1.82, 2.24) is 19.5 Å². The van der Waals surface area contributed by atoms with Crippen molar-refractivity contribution in [1.29, 1.82) is 0 Å². The van der Waals surface area contributed by atoms with E-state index in [1.807, 2.05) is 37.0 Å². The Morgan fingerprint density at radius 3 is 2.81 bits per heavy atom. The van der Waals surface area contributed by atoms with Crippen LogP contribution < -0.4 is 5.32 Å². The Bertz CT molecular complexity index is 1020. The summed E-state index contributed by atoms with van der Waals surface area (Å²) in [6, 6.07) is 10.4. The molecule has 1 N–H and O–H groups in total. The number of nitrogens with zero attached hydrogens (tertiary/aromatic N) is 4. The Kier molecular flexibility index (Phi) is 4.90. The van der Waals surface area contributed by atoms with Gasteiger partial charge >= 0.3 is 0 Å². The smallest absolute Gasteiger partial charge is 0.167 e. The van der Waals surface area contributed by atoms with Crippen molar-refractivity contribution in [3.05, 3.63) is 53.9 Å². The molecule has 3 heterocycles. The van der Waals surface area contributed by atoms with E-state index in [9.17, 15) is 0 Å². The third-order valence-electron chi connectivity index (χ3n) is 4.03. The first-order valence-electron chi connectivity index (χ1n) is 8.37. The highest BCUT2D eigenvalue weighted by Gasteiger charge is 2.14. The molecule has 0 bridgehead atoms. The molecule has 7 heteroatoms. The average molecular weight is 382 g/mol. The fourth-order valence-corrected chi connectivity index (χ4v) is 4.59. The lowest BCUT2D eigenvalue weighted by Crippen LogP contribution is -2.08. The molecule has 0 aliphatic rings. The number of thiophene rings is 1. The van der Waals surface area contributed by atoms with Crippen molar-refractivity contribution in [2.75, 3.05) is 17.6 Å².